The Morgan fingerprint density at radius 3 is 2.67 bits per heavy atom. The first kappa shape index (κ1) is 17.1. The number of likely N-dealkylation sites (N-methyl/N-ethyl adjacent to an activating group) is 1. The van der Waals surface area contributed by atoms with Gasteiger partial charge in [-0.2, -0.15) is 0 Å². The summed E-state index contributed by atoms with van der Waals surface area (Å²) in [5.74, 6) is 0.654. The van der Waals surface area contributed by atoms with Gasteiger partial charge in [0.1, 0.15) is 5.01 Å². The summed E-state index contributed by atoms with van der Waals surface area (Å²) in [4.78, 5) is 18.6. The largest absolute Gasteiger partial charge is 0.352 e. The van der Waals surface area contributed by atoms with E-state index < -0.39 is 0 Å². The van der Waals surface area contributed by atoms with Gasteiger partial charge in [0.2, 0.25) is 5.91 Å². The number of hydrogen-bond acceptors (Lipinski definition) is 4. The van der Waals surface area contributed by atoms with Crippen LogP contribution in [-0.2, 0) is 11.3 Å². The number of benzene rings is 1. The van der Waals surface area contributed by atoms with Gasteiger partial charge in [0.15, 0.2) is 0 Å². The summed E-state index contributed by atoms with van der Waals surface area (Å²) in [6, 6.07) is 9.06. The molecule has 1 aromatic heterocycles. The molecule has 0 spiro atoms. The Morgan fingerprint density at radius 1 is 1.33 bits per heavy atom. The zero-order chi connectivity index (χ0) is 17.1. The molecule has 0 unspecified atom stereocenters. The quantitative estimate of drug-likeness (QED) is 0.835. The molecule has 3 rings (SSSR count). The second-order valence-electron chi connectivity index (χ2n) is 6.93. The van der Waals surface area contributed by atoms with Crippen molar-refractivity contribution in [2.24, 2.45) is 0 Å². The van der Waals surface area contributed by atoms with E-state index in [9.17, 15) is 4.79 Å². The maximum atomic E-state index is 11.8. The van der Waals surface area contributed by atoms with E-state index in [-0.39, 0.29) is 5.91 Å². The van der Waals surface area contributed by atoms with Crippen molar-refractivity contribution in [2.45, 2.75) is 45.2 Å². The molecule has 1 aliphatic rings. The summed E-state index contributed by atoms with van der Waals surface area (Å²) in [5, 5.41) is 6.14. The number of aromatic nitrogens is 1. The Hall–Kier alpha value is -1.72. The van der Waals surface area contributed by atoms with E-state index in [1.807, 2.05) is 11.9 Å². The Labute approximate surface area is 147 Å². The van der Waals surface area contributed by atoms with Gasteiger partial charge in [0.05, 0.1) is 12.2 Å². The lowest BCUT2D eigenvalue weighted by atomic mass is 10.0. The Kier molecular flexibility index (Phi) is 5.31. The van der Waals surface area contributed by atoms with Crippen molar-refractivity contribution < 1.29 is 4.79 Å². The summed E-state index contributed by atoms with van der Waals surface area (Å²) in [6.45, 7) is 5.52. The molecular weight excluding hydrogens is 318 g/mol. The SMILES string of the molecule is CC(C)c1ccc(-c2nc(CN(C)CC(=O)NC3CC3)cs2)cc1. The van der Waals surface area contributed by atoms with Gasteiger partial charge in [-0.3, -0.25) is 9.69 Å². The minimum atomic E-state index is 0.111. The molecule has 0 aliphatic heterocycles. The number of thiazole rings is 1. The van der Waals surface area contributed by atoms with Crippen molar-refractivity contribution in [3.63, 3.8) is 0 Å². The number of nitrogens with zero attached hydrogens (tertiary/aromatic N) is 2. The maximum Gasteiger partial charge on any atom is 0.234 e. The predicted molar refractivity (Wildman–Crippen MR) is 99.1 cm³/mol. The van der Waals surface area contributed by atoms with Gasteiger partial charge in [-0.15, -0.1) is 11.3 Å². The van der Waals surface area contributed by atoms with Crippen LogP contribution >= 0.6 is 11.3 Å². The molecule has 1 aliphatic carbocycles. The Bertz CT molecular complexity index is 689. The molecule has 128 valence electrons. The molecule has 1 fully saturated rings. The number of carbonyl (C=O) groups excluding carboxylic acids is 1. The first-order valence-corrected chi connectivity index (χ1v) is 9.42. The molecule has 5 heteroatoms. The van der Waals surface area contributed by atoms with Crippen LogP contribution in [0.15, 0.2) is 29.6 Å². The van der Waals surface area contributed by atoms with Gasteiger partial charge < -0.3 is 5.32 Å². The van der Waals surface area contributed by atoms with E-state index in [0.717, 1.165) is 29.1 Å². The highest BCUT2D eigenvalue weighted by Crippen LogP contribution is 2.26. The van der Waals surface area contributed by atoms with Gasteiger partial charge in [-0.1, -0.05) is 38.1 Å². The Morgan fingerprint density at radius 2 is 2.04 bits per heavy atom. The van der Waals surface area contributed by atoms with Crippen LogP contribution < -0.4 is 5.32 Å². The van der Waals surface area contributed by atoms with E-state index in [0.29, 0.717) is 25.0 Å². The van der Waals surface area contributed by atoms with E-state index in [1.54, 1.807) is 11.3 Å². The smallest absolute Gasteiger partial charge is 0.234 e. The zero-order valence-electron chi connectivity index (χ0n) is 14.6. The molecule has 1 N–H and O–H groups in total. The minimum Gasteiger partial charge on any atom is -0.352 e. The molecule has 1 saturated carbocycles. The van der Waals surface area contributed by atoms with Gasteiger partial charge >= 0.3 is 0 Å². The van der Waals surface area contributed by atoms with Crippen LogP contribution in [0.2, 0.25) is 0 Å². The molecule has 0 radical (unpaired) electrons. The van der Waals surface area contributed by atoms with Gasteiger partial charge in [-0.25, -0.2) is 4.98 Å². The number of nitrogens with one attached hydrogen (secondary N) is 1. The monoisotopic (exact) mass is 343 g/mol. The fourth-order valence-corrected chi connectivity index (χ4v) is 3.42. The lowest BCUT2D eigenvalue weighted by Crippen LogP contribution is -2.35. The highest BCUT2D eigenvalue weighted by atomic mass is 32.1. The molecule has 0 atom stereocenters. The highest BCUT2D eigenvalue weighted by molar-refractivity contribution is 7.13. The lowest BCUT2D eigenvalue weighted by molar-refractivity contribution is -0.122. The average molecular weight is 343 g/mol. The fraction of sp³-hybridized carbons (Fsp3) is 0.474. The molecule has 0 bridgehead atoms. The van der Waals surface area contributed by atoms with E-state index >= 15 is 0 Å². The number of carbonyl (C=O) groups is 1. The molecule has 0 saturated heterocycles. The second-order valence-corrected chi connectivity index (χ2v) is 7.79. The predicted octanol–water partition coefficient (Wildman–Crippen LogP) is 3.64. The molecule has 2 aromatic rings. The van der Waals surface area contributed by atoms with E-state index in [2.05, 4.69) is 48.8 Å². The zero-order valence-corrected chi connectivity index (χ0v) is 15.4. The minimum absolute atomic E-state index is 0.111. The third-order valence-electron chi connectivity index (χ3n) is 4.16. The average Bonchev–Trinajstić information content (AvgIpc) is 3.22. The third-order valence-corrected chi connectivity index (χ3v) is 5.10. The lowest BCUT2D eigenvalue weighted by Gasteiger charge is -2.14. The van der Waals surface area contributed by atoms with Crippen LogP contribution in [-0.4, -0.2) is 35.4 Å². The first-order chi connectivity index (χ1) is 11.5. The van der Waals surface area contributed by atoms with Gasteiger partial charge in [0.25, 0.3) is 0 Å². The summed E-state index contributed by atoms with van der Waals surface area (Å²) in [5.41, 5.74) is 3.52. The number of rotatable bonds is 7. The Balaban J connectivity index is 1.57. The van der Waals surface area contributed by atoms with Crippen LogP contribution in [0.4, 0.5) is 0 Å². The summed E-state index contributed by atoms with van der Waals surface area (Å²) in [7, 11) is 1.96. The first-order valence-electron chi connectivity index (χ1n) is 8.54. The fourth-order valence-electron chi connectivity index (χ4n) is 2.60. The molecule has 1 amide bonds. The van der Waals surface area contributed by atoms with Gasteiger partial charge in [-0.05, 0) is 31.4 Å². The summed E-state index contributed by atoms with van der Waals surface area (Å²) < 4.78 is 0. The number of amides is 1. The summed E-state index contributed by atoms with van der Waals surface area (Å²) >= 11 is 1.66. The molecule has 1 heterocycles. The highest BCUT2D eigenvalue weighted by Gasteiger charge is 2.23. The van der Waals surface area contributed by atoms with Crippen LogP contribution in [0.25, 0.3) is 10.6 Å². The molecule has 4 nitrogen and oxygen atoms in total. The standard InChI is InChI=1S/C19H25N3OS/c1-13(2)14-4-6-15(7-5-14)19-21-17(12-24-19)10-22(3)11-18(23)20-16-8-9-16/h4-7,12-13,16H,8-11H2,1-3H3,(H,20,23). The van der Waals surface area contributed by atoms with Crippen molar-refractivity contribution in [3.8, 4) is 10.6 Å². The van der Waals surface area contributed by atoms with Crippen molar-refractivity contribution >= 4 is 17.2 Å². The van der Waals surface area contributed by atoms with Crippen LogP contribution in [0.3, 0.4) is 0 Å². The molecule has 1 aromatic carbocycles. The second kappa shape index (κ2) is 7.45. The number of hydrogen-bond donors (Lipinski definition) is 1. The van der Waals surface area contributed by atoms with E-state index in [1.165, 1.54) is 5.56 Å². The van der Waals surface area contributed by atoms with Crippen molar-refractivity contribution in [1.82, 2.24) is 15.2 Å². The normalized spacial score (nSPS) is 14.4. The molecular formula is C19H25N3OS. The third kappa shape index (κ3) is 4.65. The van der Waals surface area contributed by atoms with Crippen LogP contribution in [0, 0.1) is 0 Å². The van der Waals surface area contributed by atoms with E-state index in [4.69, 9.17) is 4.98 Å². The van der Waals surface area contributed by atoms with Crippen molar-refractivity contribution in [2.75, 3.05) is 13.6 Å². The van der Waals surface area contributed by atoms with Crippen molar-refractivity contribution in [1.29, 1.82) is 0 Å². The van der Waals surface area contributed by atoms with Gasteiger partial charge in [0, 0.05) is 23.5 Å². The van der Waals surface area contributed by atoms with Crippen molar-refractivity contribution in [3.05, 3.63) is 40.9 Å². The summed E-state index contributed by atoms with van der Waals surface area (Å²) in [6.07, 6.45) is 2.25. The molecule has 24 heavy (non-hydrogen) atoms. The maximum absolute atomic E-state index is 11.8. The van der Waals surface area contributed by atoms with Crippen LogP contribution in [0.1, 0.15) is 43.9 Å². The topological polar surface area (TPSA) is 45.2 Å². The van der Waals surface area contributed by atoms with Crippen LogP contribution in [0.5, 0.6) is 0 Å².